The third-order valence-corrected chi connectivity index (χ3v) is 4.72. The van der Waals surface area contributed by atoms with Crippen molar-refractivity contribution < 1.29 is 24.3 Å². The van der Waals surface area contributed by atoms with Gasteiger partial charge in [-0.05, 0) is 24.7 Å². The first kappa shape index (κ1) is 16.2. The van der Waals surface area contributed by atoms with Gasteiger partial charge in [0, 0.05) is 12.4 Å². The molecule has 0 spiro atoms. The van der Waals surface area contributed by atoms with Crippen LogP contribution >= 0.6 is 0 Å². The highest BCUT2D eigenvalue weighted by Crippen LogP contribution is 2.43. The van der Waals surface area contributed by atoms with E-state index in [1.807, 2.05) is 0 Å². The number of rotatable bonds is 7. The molecule has 1 heterocycles. The summed E-state index contributed by atoms with van der Waals surface area (Å²) in [6, 6.07) is 0. The number of carboxylic acid groups (broad SMARTS) is 1. The zero-order chi connectivity index (χ0) is 15.1. The Morgan fingerprint density at radius 3 is 2.43 bits per heavy atom. The molecule has 1 amide bonds. The van der Waals surface area contributed by atoms with Crippen LogP contribution in [0.2, 0.25) is 0 Å². The molecule has 2 rings (SSSR count). The maximum atomic E-state index is 12.1. The number of hydrogen-bond donors (Lipinski definition) is 2. The van der Waals surface area contributed by atoms with Gasteiger partial charge in [-0.15, -0.1) is 0 Å². The molecule has 1 saturated heterocycles. The van der Waals surface area contributed by atoms with Crippen LogP contribution in [-0.2, 0) is 14.3 Å². The van der Waals surface area contributed by atoms with Crippen molar-refractivity contribution in [3.8, 4) is 0 Å². The lowest BCUT2D eigenvalue weighted by Gasteiger charge is -2.29. The molecule has 1 aliphatic carbocycles. The Labute approximate surface area is 125 Å². The quantitative estimate of drug-likeness (QED) is 0.576. The fourth-order valence-corrected chi connectivity index (χ4v) is 3.54. The van der Waals surface area contributed by atoms with E-state index in [0.717, 1.165) is 58.5 Å². The Hall–Kier alpha value is -1.14. The van der Waals surface area contributed by atoms with Gasteiger partial charge in [-0.1, -0.05) is 12.8 Å². The summed E-state index contributed by atoms with van der Waals surface area (Å²) >= 11 is 0. The molecule has 0 radical (unpaired) electrons. The molecule has 6 nitrogen and oxygen atoms in total. The SMILES string of the molecule is O=C([O-])CC1(CC(=O)NCC[NH+]2CCOCC2)CCCC1. The zero-order valence-electron chi connectivity index (χ0n) is 12.6. The molecule has 0 aromatic carbocycles. The molecule has 0 bridgehead atoms. The lowest BCUT2D eigenvalue weighted by atomic mass is 9.79. The Bertz CT molecular complexity index is 361. The van der Waals surface area contributed by atoms with E-state index in [9.17, 15) is 14.7 Å². The Kier molecular flexibility index (Phi) is 5.99. The zero-order valence-corrected chi connectivity index (χ0v) is 12.6. The highest BCUT2D eigenvalue weighted by Gasteiger charge is 2.35. The van der Waals surface area contributed by atoms with Crippen molar-refractivity contribution in [1.29, 1.82) is 0 Å². The van der Waals surface area contributed by atoms with E-state index in [-0.39, 0.29) is 17.7 Å². The number of nitrogens with one attached hydrogen (secondary N) is 2. The van der Waals surface area contributed by atoms with Gasteiger partial charge in [0.05, 0.1) is 26.3 Å². The van der Waals surface area contributed by atoms with E-state index in [2.05, 4.69) is 5.32 Å². The predicted molar refractivity (Wildman–Crippen MR) is 74.5 cm³/mol. The smallest absolute Gasteiger partial charge is 0.220 e. The molecule has 0 unspecified atom stereocenters. The molecule has 120 valence electrons. The van der Waals surface area contributed by atoms with Crippen molar-refractivity contribution in [2.24, 2.45) is 5.41 Å². The molecular weight excluding hydrogens is 272 g/mol. The van der Waals surface area contributed by atoms with Gasteiger partial charge in [0.1, 0.15) is 13.1 Å². The number of carboxylic acids is 1. The van der Waals surface area contributed by atoms with E-state index in [1.54, 1.807) is 0 Å². The fourth-order valence-electron chi connectivity index (χ4n) is 3.54. The van der Waals surface area contributed by atoms with Gasteiger partial charge in [0.25, 0.3) is 0 Å². The van der Waals surface area contributed by atoms with E-state index in [4.69, 9.17) is 4.74 Å². The van der Waals surface area contributed by atoms with Gasteiger partial charge in [-0.25, -0.2) is 0 Å². The number of aliphatic carboxylic acids is 1. The van der Waals surface area contributed by atoms with Gasteiger partial charge in [0.15, 0.2) is 0 Å². The number of carbonyl (C=O) groups is 2. The van der Waals surface area contributed by atoms with E-state index in [0.29, 0.717) is 13.0 Å². The summed E-state index contributed by atoms with van der Waals surface area (Å²) in [5.74, 6) is -1.06. The number of quaternary nitrogens is 1. The highest BCUT2D eigenvalue weighted by molar-refractivity contribution is 5.77. The number of amides is 1. The minimum absolute atomic E-state index is 0.00906. The summed E-state index contributed by atoms with van der Waals surface area (Å²) in [4.78, 5) is 24.4. The van der Waals surface area contributed by atoms with Crippen molar-refractivity contribution in [2.75, 3.05) is 39.4 Å². The van der Waals surface area contributed by atoms with Crippen LogP contribution in [0.3, 0.4) is 0 Å². The van der Waals surface area contributed by atoms with Crippen LogP contribution < -0.4 is 15.3 Å². The number of hydrogen-bond acceptors (Lipinski definition) is 4. The van der Waals surface area contributed by atoms with Crippen LogP contribution in [0.1, 0.15) is 38.5 Å². The minimum atomic E-state index is -1.04. The van der Waals surface area contributed by atoms with Crippen LogP contribution in [0.15, 0.2) is 0 Å². The standard InChI is InChI=1S/C15H26N2O4/c18-13(16-5-6-17-7-9-21-10-8-17)11-15(12-14(19)20)3-1-2-4-15/h1-12H2,(H,16,18)(H,19,20). The molecule has 1 saturated carbocycles. The molecule has 0 aromatic rings. The summed E-state index contributed by atoms with van der Waals surface area (Å²) < 4.78 is 5.30. The van der Waals surface area contributed by atoms with Gasteiger partial charge >= 0.3 is 0 Å². The Morgan fingerprint density at radius 2 is 1.81 bits per heavy atom. The van der Waals surface area contributed by atoms with Crippen LogP contribution in [-0.4, -0.2) is 51.3 Å². The third kappa shape index (κ3) is 5.28. The van der Waals surface area contributed by atoms with Crippen LogP contribution in [0.25, 0.3) is 0 Å². The van der Waals surface area contributed by atoms with Crippen molar-refractivity contribution in [2.45, 2.75) is 38.5 Å². The normalized spacial score (nSPS) is 22.1. The Morgan fingerprint density at radius 1 is 1.14 bits per heavy atom. The van der Waals surface area contributed by atoms with Crippen molar-refractivity contribution in [3.63, 3.8) is 0 Å². The second kappa shape index (κ2) is 7.75. The topological polar surface area (TPSA) is 82.9 Å². The number of carbonyl (C=O) groups excluding carboxylic acids is 2. The average Bonchev–Trinajstić information content (AvgIpc) is 2.87. The molecule has 1 aliphatic heterocycles. The molecule has 21 heavy (non-hydrogen) atoms. The van der Waals surface area contributed by atoms with Crippen molar-refractivity contribution >= 4 is 11.9 Å². The molecule has 2 fully saturated rings. The summed E-state index contributed by atoms with van der Waals surface area (Å²) in [5, 5.41) is 13.8. The number of morpholine rings is 1. The summed E-state index contributed by atoms with van der Waals surface area (Å²) in [5.41, 5.74) is -0.366. The first-order valence-corrected chi connectivity index (χ1v) is 7.98. The molecule has 6 heteroatoms. The Balaban J connectivity index is 1.70. The molecule has 2 aliphatic rings. The monoisotopic (exact) mass is 298 g/mol. The lowest BCUT2D eigenvalue weighted by Crippen LogP contribution is -3.14. The first-order chi connectivity index (χ1) is 10.1. The van der Waals surface area contributed by atoms with Crippen LogP contribution in [0, 0.1) is 5.41 Å². The molecular formula is C15H26N2O4. The summed E-state index contributed by atoms with van der Waals surface area (Å²) in [6.45, 7) is 5.11. The second-order valence-electron chi connectivity index (χ2n) is 6.39. The van der Waals surface area contributed by atoms with Crippen molar-refractivity contribution in [1.82, 2.24) is 5.32 Å². The van der Waals surface area contributed by atoms with Crippen molar-refractivity contribution in [3.05, 3.63) is 0 Å². The maximum absolute atomic E-state index is 12.1. The van der Waals surface area contributed by atoms with Crippen LogP contribution in [0.5, 0.6) is 0 Å². The molecule has 0 atom stereocenters. The first-order valence-electron chi connectivity index (χ1n) is 7.98. The molecule has 2 N–H and O–H groups in total. The second-order valence-corrected chi connectivity index (χ2v) is 6.39. The maximum Gasteiger partial charge on any atom is 0.220 e. The minimum Gasteiger partial charge on any atom is -0.550 e. The van der Waals surface area contributed by atoms with E-state index < -0.39 is 5.97 Å². The fraction of sp³-hybridized carbons (Fsp3) is 0.867. The lowest BCUT2D eigenvalue weighted by molar-refractivity contribution is -0.906. The number of ether oxygens (including phenoxy) is 1. The summed E-state index contributed by atoms with van der Waals surface area (Å²) in [6.07, 6.45) is 4.00. The van der Waals surface area contributed by atoms with E-state index >= 15 is 0 Å². The van der Waals surface area contributed by atoms with Gasteiger partial charge in [-0.3, -0.25) is 4.79 Å². The van der Waals surface area contributed by atoms with Crippen LogP contribution in [0.4, 0.5) is 0 Å². The molecule has 0 aromatic heterocycles. The van der Waals surface area contributed by atoms with Gasteiger partial charge < -0.3 is 24.9 Å². The van der Waals surface area contributed by atoms with Gasteiger partial charge in [-0.2, -0.15) is 0 Å². The third-order valence-electron chi connectivity index (χ3n) is 4.72. The van der Waals surface area contributed by atoms with Gasteiger partial charge in [0.2, 0.25) is 5.91 Å². The predicted octanol–water partition coefficient (Wildman–Crippen LogP) is -1.89. The average molecular weight is 298 g/mol. The largest absolute Gasteiger partial charge is 0.550 e. The highest BCUT2D eigenvalue weighted by atomic mass is 16.5. The summed E-state index contributed by atoms with van der Waals surface area (Å²) in [7, 11) is 0. The van der Waals surface area contributed by atoms with E-state index in [1.165, 1.54) is 4.90 Å².